The number of esters is 2. The second kappa shape index (κ2) is 7.74. The summed E-state index contributed by atoms with van der Waals surface area (Å²) >= 11 is 0. The highest BCUT2D eigenvalue weighted by atomic mass is 16.5. The number of furan rings is 1. The van der Waals surface area contributed by atoms with Gasteiger partial charge >= 0.3 is 11.9 Å². The molecule has 3 rings (SSSR count). The molecular weight excluding hydrogens is 336 g/mol. The highest BCUT2D eigenvalue weighted by Crippen LogP contribution is 2.27. The summed E-state index contributed by atoms with van der Waals surface area (Å²) in [7, 11) is 0. The number of hydrogen-bond donors (Lipinski definition) is 1. The molecule has 6 nitrogen and oxygen atoms in total. The molecule has 0 fully saturated rings. The van der Waals surface area contributed by atoms with Gasteiger partial charge in [-0.15, -0.1) is 0 Å². The topological polar surface area (TPSA) is 86.0 Å². The maximum atomic E-state index is 12.1. The molecular formula is C20H18O6. The summed E-state index contributed by atoms with van der Waals surface area (Å²) in [5.41, 5.74) is 1.73. The molecule has 1 N–H and O–H groups in total. The Balaban J connectivity index is 1.76. The molecule has 0 radical (unpaired) electrons. The number of hydrogen-bond acceptors (Lipinski definition) is 6. The Bertz CT molecular complexity index is 923. The summed E-state index contributed by atoms with van der Waals surface area (Å²) in [4.78, 5) is 24.2. The largest absolute Gasteiger partial charge is 0.508 e. The van der Waals surface area contributed by atoms with Gasteiger partial charge in [0.25, 0.3) is 0 Å². The fraction of sp³-hybridized carbons (Fsp3) is 0.200. The lowest BCUT2D eigenvalue weighted by molar-refractivity contribution is -0.144. The van der Waals surface area contributed by atoms with Crippen LogP contribution in [0.3, 0.4) is 0 Å². The molecule has 0 aliphatic carbocycles. The number of rotatable bonds is 6. The monoisotopic (exact) mass is 354 g/mol. The molecule has 134 valence electrons. The van der Waals surface area contributed by atoms with E-state index in [0.29, 0.717) is 16.5 Å². The van der Waals surface area contributed by atoms with Crippen molar-refractivity contribution in [1.82, 2.24) is 0 Å². The first-order valence-corrected chi connectivity index (χ1v) is 8.19. The Kier molecular flexibility index (Phi) is 5.22. The third-order valence-corrected chi connectivity index (χ3v) is 3.82. The van der Waals surface area contributed by atoms with Crippen molar-refractivity contribution in [2.75, 3.05) is 6.61 Å². The van der Waals surface area contributed by atoms with Crippen LogP contribution in [0.25, 0.3) is 11.0 Å². The number of carbonyl (C=O) groups excluding carboxylic acids is 2. The van der Waals surface area contributed by atoms with Crippen molar-refractivity contribution in [2.24, 2.45) is 0 Å². The van der Waals surface area contributed by atoms with Crippen LogP contribution in [0.2, 0.25) is 0 Å². The van der Waals surface area contributed by atoms with Crippen LogP contribution in [0, 0.1) is 0 Å². The van der Waals surface area contributed by atoms with Gasteiger partial charge in [-0.2, -0.15) is 0 Å². The Morgan fingerprint density at radius 3 is 2.50 bits per heavy atom. The van der Waals surface area contributed by atoms with Crippen LogP contribution in [0.1, 0.15) is 28.6 Å². The van der Waals surface area contributed by atoms with Gasteiger partial charge < -0.3 is 19.0 Å². The number of ether oxygens (including phenoxy) is 2. The lowest BCUT2D eigenvalue weighted by Crippen LogP contribution is -2.11. The van der Waals surface area contributed by atoms with Crippen LogP contribution in [0.5, 0.6) is 5.75 Å². The first-order chi connectivity index (χ1) is 12.6. The van der Waals surface area contributed by atoms with Crippen LogP contribution >= 0.6 is 0 Å². The fourth-order valence-electron chi connectivity index (χ4n) is 2.59. The van der Waals surface area contributed by atoms with E-state index in [1.54, 1.807) is 37.3 Å². The number of para-hydroxylation sites is 1. The van der Waals surface area contributed by atoms with Crippen LogP contribution in [-0.2, 0) is 27.3 Å². The quantitative estimate of drug-likeness (QED) is 0.681. The second-order valence-electron chi connectivity index (χ2n) is 5.63. The van der Waals surface area contributed by atoms with Gasteiger partial charge in [-0.3, -0.25) is 4.79 Å². The number of fused-ring (bicyclic) bond motifs is 1. The molecule has 6 heteroatoms. The van der Waals surface area contributed by atoms with Crippen LogP contribution in [0.4, 0.5) is 0 Å². The minimum absolute atomic E-state index is 0.0467. The van der Waals surface area contributed by atoms with Gasteiger partial charge in [-0.25, -0.2) is 4.79 Å². The Labute approximate surface area is 149 Å². The van der Waals surface area contributed by atoms with Crippen molar-refractivity contribution in [3.8, 4) is 5.75 Å². The number of aromatic hydroxyl groups is 1. The first kappa shape index (κ1) is 17.5. The van der Waals surface area contributed by atoms with E-state index in [4.69, 9.17) is 13.9 Å². The zero-order chi connectivity index (χ0) is 18.5. The zero-order valence-electron chi connectivity index (χ0n) is 14.2. The minimum atomic E-state index is -0.590. The van der Waals surface area contributed by atoms with Gasteiger partial charge in [-0.1, -0.05) is 30.3 Å². The number of phenols is 1. The van der Waals surface area contributed by atoms with Crippen LogP contribution < -0.4 is 0 Å². The lowest BCUT2D eigenvalue weighted by atomic mass is 10.1. The SMILES string of the molecule is CCOC(=O)c1oc2ccccc2c1COC(=O)Cc1ccc(O)cc1. The average Bonchev–Trinajstić information content (AvgIpc) is 3.01. The van der Waals surface area contributed by atoms with E-state index < -0.39 is 11.9 Å². The maximum absolute atomic E-state index is 12.1. The third-order valence-electron chi connectivity index (χ3n) is 3.82. The Hall–Kier alpha value is -3.28. The molecule has 26 heavy (non-hydrogen) atoms. The molecule has 0 aliphatic rings. The van der Waals surface area contributed by atoms with Gasteiger partial charge in [0.15, 0.2) is 0 Å². The molecule has 0 unspecified atom stereocenters. The molecule has 0 atom stereocenters. The van der Waals surface area contributed by atoms with E-state index in [-0.39, 0.29) is 31.1 Å². The van der Waals surface area contributed by atoms with Crippen molar-refractivity contribution < 1.29 is 28.6 Å². The second-order valence-corrected chi connectivity index (χ2v) is 5.63. The molecule has 3 aromatic rings. The van der Waals surface area contributed by atoms with Crippen LogP contribution in [0.15, 0.2) is 52.9 Å². The third kappa shape index (κ3) is 3.85. The molecule has 0 aliphatic heterocycles. The summed E-state index contributed by atoms with van der Waals surface area (Å²) in [5.74, 6) is -0.861. The smallest absolute Gasteiger partial charge is 0.374 e. The predicted octanol–water partition coefficient (Wildman–Crippen LogP) is 3.60. The highest BCUT2D eigenvalue weighted by molar-refractivity contribution is 5.96. The van der Waals surface area contributed by atoms with E-state index >= 15 is 0 Å². The predicted molar refractivity (Wildman–Crippen MR) is 93.8 cm³/mol. The number of benzene rings is 2. The molecule has 0 saturated heterocycles. The van der Waals surface area contributed by atoms with Gasteiger partial charge in [-0.05, 0) is 30.7 Å². The Morgan fingerprint density at radius 1 is 1.04 bits per heavy atom. The van der Waals surface area contributed by atoms with Crippen molar-refractivity contribution in [3.63, 3.8) is 0 Å². The lowest BCUT2D eigenvalue weighted by Gasteiger charge is -2.06. The maximum Gasteiger partial charge on any atom is 0.374 e. The molecule has 1 aromatic heterocycles. The highest BCUT2D eigenvalue weighted by Gasteiger charge is 2.22. The molecule has 0 bridgehead atoms. The summed E-state index contributed by atoms with van der Waals surface area (Å²) in [6.07, 6.45) is 0.0603. The van der Waals surface area contributed by atoms with Gasteiger partial charge in [0.1, 0.15) is 17.9 Å². The van der Waals surface area contributed by atoms with Crippen molar-refractivity contribution in [3.05, 3.63) is 65.4 Å². The zero-order valence-corrected chi connectivity index (χ0v) is 14.2. The summed E-state index contributed by atoms with van der Waals surface area (Å²) < 4.78 is 15.9. The van der Waals surface area contributed by atoms with E-state index in [2.05, 4.69) is 0 Å². The van der Waals surface area contributed by atoms with Crippen molar-refractivity contribution in [1.29, 1.82) is 0 Å². The number of phenolic OH excluding ortho intramolecular Hbond substituents is 1. The molecule has 1 heterocycles. The molecule has 2 aromatic carbocycles. The van der Waals surface area contributed by atoms with Crippen LogP contribution in [-0.4, -0.2) is 23.7 Å². The van der Waals surface area contributed by atoms with Crippen molar-refractivity contribution in [2.45, 2.75) is 20.0 Å². The van der Waals surface area contributed by atoms with Gasteiger partial charge in [0.2, 0.25) is 5.76 Å². The van der Waals surface area contributed by atoms with Gasteiger partial charge in [0.05, 0.1) is 18.6 Å². The van der Waals surface area contributed by atoms with Crippen molar-refractivity contribution >= 4 is 22.9 Å². The van der Waals surface area contributed by atoms with E-state index in [0.717, 1.165) is 5.56 Å². The number of carbonyl (C=O) groups is 2. The molecule has 0 saturated carbocycles. The summed E-state index contributed by atoms with van der Waals surface area (Å²) in [5, 5.41) is 9.98. The minimum Gasteiger partial charge on any atom is -0.508 e. The summed E-state index contributed by atoms with van der Waals surface area (Å²) in [6, 6.07) is 13.4. The molecule has 0 amide bonds. The fourth-order valence-corrected chi connectivity index (χ4v) is 2.59. The standard InChI is InChI=1S/C20H18O6/c1-2-24-20(23)19-16(15-5-3-4-6-17(15)26-19)12-25-18(22)11-13-7-9-14(21)10-8-13/h3-10,21H,2,11-12H2,1H3. The van der Waals surface area contributed by atoms with E-state index in [9.17, 15) is 14.7 Å². The average molecular weight is 354 g/mol. The normalized spacial score (nSPS) is 10.7. The Morgan fingerprint density at radius 2 is 1.77 bits per heavy atom. The van der Waals surface area contributed by atoms with E-state index in [1.807, 2.05) is 6.07 Å². The van der Waals surface area contributed by atoms with Gasteiger partial charge in [0, 0.05) is 5.39 Å². The summed E-state index contributed by atoms with van der Waals surface area (Å²) in [6.45, 7) is 1.83. The first-order valence-electron chi connectivity index (χ1n) is 8.19. The van der Waals surface area contributed by atoms with E-state index in [1.165, 1.54) is 12.1 Å². The molecule has 0 spiro atoms.